The van der Waals surface area contributed by atoms with Gasteiger partial charge in [0.25, 0.3) is 0 Å². The molecule has 2 N–H and O–H groups in total. The van der Waals surface area contributed by atoms with Gasteiger partial charge in [-0.2, -0.15) is 0 Å². The minimum Gasteiger partial charge on any atom is -0.462 e. The van der Waals surface area contributed by atoms with Gasteiger partial charge < -0.3 is 20.3 Å². The normalized spacial score (nSPS) is 20.5. The van der Waals surface area contributed by atoms with Gasteiger partial charge in [0.15, 0.2) is 0 Å². The number of nitrogens with zero attached hydrogens (tertiary/aromatic N) is 1. The number of benzene rings is 3. The van der Waals surface area contributed by atoms with E-state index in [0.717, 1.165) is 0 Å². The molecule has 42 heavy (non-hydrogen) atoms. The molecule has 0 saturated carbocycles. The van der Waals surface area contributed by atoms with E-state index in [0.29, 0.717) is 17.7 Å². The number of carbonyl (C=O) groups excluding carboxylic acids is 2. The molecule has 3 aromatic carbocycles. The standard InChI is InChI=1S/C32H35Cl2F2N3O3/c1-6-42-29(40)19-10-13-21(14-11-19)38-30(41)39-18-24(22-8-7-9-25(34)28(22)36)32(37-5,27(39)17-31(2,3)4)23-15-12-20(33)16-26(23)35/h7-16,24,27,37H,6,17-18H2,1-5H3,(H,38,41). The Morgan fingerprint density at radius 3 is 2.36 bits per heavy atom. The van der Waals surface area contributed by atoms with Gasteiger partial charge in [0.1, 0.15) is 11.6 Å². The van der Waals surface area contributed by atoms with Crippen molar-refractivity contribution in [3.8, 4) is 0 Å². The summed E-state index contributed by atoms with van der Waals surface area (Å²) >= 11 is 12.3. The second-order valence-corrected chi connectivity index (χ2v) is 12.4. The van der Waals surface area contributed by atoms with Crippen LogP contribution in [0, 0.1) is 17.0 Å². The summed E-state index contributed by atoms with van der Waals surface area (Å²) in [4.78, 5) is 27.7. The van der Waals surface area contributed by atoms with Crippen molar-refractivity contribution in [2.45, 2.75) is 51.6 Å². The molecule has 1 aliphatic rings. The summed E-state index contributed by atoms with van der Waals surface area (Å²) < 4.78 is 36.6. The molecule has 0 bridgehead atoms. The fourth-order valence-electron chi connectivity index (χ4n) is 5.92. The molecular formula is C32H35Cl2F2N3O3. The number of urea groups is 1. The molecule has 6 nitrogen and oxygen atoms in total. The number of anilines is 1. The Bertz CT molecular complexity index is 1460. The topological polar surface area (TPSA) is 70.7 Å². The van der Waals surface area contributed by atoms with Gasteiger partial charge in [-0.05, 0) is 73.8 Å². The van der Waals surface area contributed by atoms with E-state index in [-0.39, 0.29) is 39.7 Å². The van der Waals surface area contributed by atoms with Gasteiger partial charge in [0, 0.05) is 28.7 Å². The summed E-state index contributed by atoms with van der Waals surface area (Å²) in [6, 6.07) is 14.4. The van der Waals surface area contributed by atoms with Crippen LogP contribution in [0.4, 0.5) is 19.3 Å². The number of carbonyl (C=O) groups is 2. The SMILES string of the molecule is CCOC(=O)c1ccc(NC(=O)N2CC(c3cccc(Cl)c3F)C(NC)(c3ccc(Cl)cc3F)C2CC(C)(C)C)cc1. The number of likely N-dealkylation sites (N-methyl/N-ethyl adjacent to an activating group) is 1. The van der Waals surface area contributed by atoms with Crippen molar-refractivity contribution < 1.29 is 23.1 Å². The van der Waals surface area contributed by atoms with E-state index in [1.807, 2.05) is 20.8 Å². The average Bonchev–Trinajstić information content (AvgIpc) is 3.23. The first-order valence-electron chi connectivity index (χ1n) is 13.8. The highest BCUT2D eigenvalue weighted by Gasteiger charge is 2.58. The lowest BCUT2D eigenvalue weighted by molar-refractivity contribution is 0.0526. The number of hydrogen-bond donors (Lipinski definition) is 2. The third-order valence-corrected chi connectivity index (χ3v) is 8.22. The lowest BCUT2D eigenvalue weighted by Crippen LogP contribution is -2.56. The van der Waals surface area contributed by atoms with E-state index in [1.165, 1.54) is 12.1 Å². The third-order valence-electron chi connectivity index (χ3n) is 7.69. The number of ether oxygens (including phenoxy) is 1. The van der Waals surface area contributed by atoms with Gasteiger partial charge in [-0.3, -0.25) is 0 Å². The minimum atomic E-state index is -1.25. The Morgan fingerprint density at radius 1 is 1.07 bits per heavy atom. The van der Waals surface area contributed by atoms with E-state index in [1.54, 1.807) is 67.4 Å². The lowest BCUT2D eigenvalue weighted by Gasteiger charge is -2.44. The average molecular weight is 619 g/mol. The molecule has 224 valence electrons. The van der Waals surface area contributed by atoms with Crippen LogP contribution in [0.1, 0.15) is 61.5 Å². The molecule has 1 aliphatic heterocycles. The number of rotatable bonds is 7. The fourth-order valence-corrected chi connectivity index (χ4v) is 6.26. The quantitative estimate of drug-likeness (QED) is 0.264. The van der Waals surface area contributed by atoms with E-state index >= 15 is 8.78 Å². The van der Waals surface area contributed by atoms with E-state index in [9.17, 15) is 9.59 Å². The van der Waals surface area contributed by atoms with Crippen LogP contribution in [0.15, 0.2) is 60.7 Å². The summed E-state index contributed by atoms with van der Waals surface area (Å²) in [5.74, 6) is -2.37. The molecule has 3 unspecified atom stereocenters. The van der Waals surface area contributed by atoms with Crippen molar-refractivity contribution >= 4 is 40.9 Å². The van der Waals surface area contributed by atoms with Crippen LogP contribution >= 0.6 is 23.2 Å². The highest BCUT2D eigenvalue weighted by Crippen LogP contribution is 2.52. The van der Waals surface area contributed by atoms with Crippen LogP contribution in [0.2, 0.25) is 10.0 Å². The summed E-state index contributed by atoms with van der Waals surface area (Å²) in [5.41, 5.74) is -0.227. The van der Waals surface area contributed by atoms with Crippen LogP contribution < -0.4 is 10.6 Å². The minimum absolute atomic E-state index is 0.0632. The molecule has 0 radical (unpaired) electrons. The van der Waals surface area contributed by atoms with Crippen LogP contribution in [-0.4, -0.2) is 43.1 Å². The molecule has 0 spiro atoms. The Hall–Kier alpha value is -3.20. The van der Waals surface area contributed by atoms with Gasteiger partial charge in [-0.25, -0.2) is 18.4 Å². The summed E-state index contributed by atoms with van der Waals surface area (Å²) in [6.07, 6.45) is 0.448. The molecule has 1 saturated heterocycles. The Labute approximate surface area is 255 Å². The number of likely N-dealkylation sites (tertiary alicyclic amines) is 1. The largest absolute Gasteiger partial charge is 0.462 e. The molecule has 3 aromatic rings. The molecule has 1 fully saturated rings. The predicted molar refractivity (Wildman–Crippen MR) is 162 cm³/mol. The third kappa shape index (κ3) is 6.26. The molecule has 1 heterocycles. The number of hydrogen-bond acceptors (Lipinski definition) is 4. The van der Waals surface area contributed by atoms with Gasteiger partial charge in [0.2, 0.25) is 0 Å². The second-order valence-electron chi connectivity index (χ2n) is 11.6. The molecular weight excluding hydrogens is 583 g/mol. The van der Waals surface area contributed by atoms with Crippen molar-refractivity contribution in [3.63, 3.8) is 0 Å². The first-order valence-corrected chi connectivity index (χ1v) is 14.5. The molecule has 3 atom stereocenters. The first kappa shape index (κ1) is 31.7. The Kier molecular flexibility index (Phi) is 9.50. The second kappa shape index (κ2) is 12.6. The molecule has 2 amide bonds. The predicted octanol–water partition coefficient (Wildman–Crippen LogP) is 8.00. The smallest absolute Gasteiger partial charge is 0.338 e. The van der Waals surface area contributed by atoms with E-state index in [4.69, 9.17) is 27.9 Å². The maximum Gasteiger partial charge on any atom is 0.338 e. The van der Waals surface area contributed by atoms with Crippen LogP contribution in [0.3, 0.4) is 0 Å². The van der Waals surface area contributed by atoms with Crippen molar-refractivity contribution in [2.24, 2.45) is 5.41 Å². The highest BCUT2D eigenvalue weighted by molar-refractivity contribution is 6.31. The van der Waals surface area contributed by atoms with Gasteiger partial charge >= 0.3 is 12.0 Å². The number of esters is 1. The van der Waals surface area contributed by atoms with Gasteiger partial charge in [-0.15, -0.1) is 0 Å². The maximum atomic E-state index is 15.8. The van der Waals surface area contributed by atoms with Gasteiger partial charge in [-0.1, -0.05) is 62.2 Å². The maximum absolute atomic E-state index is 15.8. The van der Waals surface area contributed by atoms with E-state index < -0.39 is 41.1 Å². The van der Waals surface area contributed by atoms with Gasteiger partial charge in [0.05, 0.1) is 28.8 Å². The summed E-state index contributed by atoms with van der Waals surface area (Å²) in [7, 11) is 1.69. The summed E-state index contributed by atoms with van der Waals surface area (Å²) in [6.45, 7) is 8.13. The van der Waals surface area contributed by atoms with E-state index in [2.05, 4.69) is 10.6 Å². The molecule has 0 aliphatic carbocycles. The van der Waals surface area contributed by atoms with Crippen molar-refractivity contribution in [1.29, 1.82) is 0 Å². The molecule has 10 heteroatoms. The zero-order valence-corrected chi connectivity index (χ0v) is 25.7. The number of halogens is 4. The number of nitrogens with one attached hydrogen (secondary N) is 2. The summed E-state index contributed by atoms with van der Waals surface area (Å²) in [5, 5.41) is 6.40. The number of amides is 2. The van der Waals surface area contributed by atoms with Crippen LogP contribution in [0.25, 0.3) is 0 Å². The highest BCUT2D eigenvalue weighted by atomic mass is 35.5. The molecule has 4 rings (SSSR count). The van der Waals surface area contributed by atoms with Crippen molar-refractivity contribution in [2.75, 3.05) is 25.5 Å². The van der Waals surface area contributed by atoms with Crippen molar-refractivity contribution in [3.05, 3.63) is 99.0 Å². The zero-order valence-electron chi connectivity index (χ0n) is 24.2. The zero-order chi connectivity index (χ0) is 30.8. The molecule has 0 aromatic heterocycles. The first-order chi connectivity index (χ1) is 19.8. The van der Waals surface area contributed by atoms with Crippen LogP contribution in [-0.2, 0) is 10.3 Å². The monoisotopic (exact) mass is 617 g/mol. The lowest BCUT2D eigenvalue weighted by atomic mass is 9.69. The Balaban J connectivity index is 1.84. The fraction of sp³-hybridized carbons (Fsp3) is 0.375. The Morgan fingerprint density at radius 2 is 1.76 bits per heavy atom. The van der Waals surface area contributed by atoms with Crippen LogP contribution in [0.5, 0.6) is 0 Å². The van der Waals surface area contributed by atoms with Crippen molar-refractivity contribution in [1.82, 2.24) is 10.2 Å².